The van der Waals surface area contributed by atoms with Gasteiger partial charge in [-0.25, -0.2) is 0 Å². The zero-order valence-corrected chi connectivity index (χ0v) is 16.0. The summed E-state index contributed by atoms with van der Waals surface area (Å²) in [6.45, 7) is 2.38. The second-order valence-corrected chi connectivity index (χ2v) is 7.02. The maximum atomic E-state index is 12.4. The second-order valence-electron chi connectivity index (χ2n) is 7.02. The Balaban J connectivity index is 1.51. The van der Waals surface area contributed by atoms with E-state index in [0.29, 0.717) is 24.5 Å². The number of nitrogens with zero attached hydrogens (tertiary/aromatic N) is 1. The molecule has 2 N–H and O–H groups in total. The second kappa shape index (κ2) is 9.17. The molecule has 3 rings (SSSR count). The van der Waals surface area contributed by atoms with Gasteiger partial charge in [0.2, 0.25) is 17.7 Å². The summed E-state index contributed by atoms with van der Waals surface area (Å²) >= 11 is 0. The summed E-state index contributed by atoms with van der Waals surface area (Å²) in [5.41, 5.74) is 2.57. The highest BCUT2D eigenvalue weighted by atomic mass is 16.2. The maximum absolute atomic E-state index is 12.4. The zero-order chi connectivity index (χ0) is 19.9. The molecule has 0 bridgehead atoms. The zero-order valence-electron chi connectivity index (χ0n) is 16.0. The molecule has 1 atom stereocenters. The van der Waals surface area contributed by atoms with Crippen molar-refractivity contribution < 1.29 is 14.4 Å². The summed E-state index contributed by atoms with van der Waals surface area (Å²) < 4.78 is 0. The Morgan fingerprint density at radius 1 is 1.11 bits per heavy atom. The van der Waals surface area contributed by atoms with Crippen molar-refractivity contribution in [3.05, 3.63) is 60.2 Å². The molecule has 0 saturated carbocycles. The first kappa shape index (κ1) is 19.6. The normalized spacial score (nSPS) is 16.1. The van der Waals surface area contributed by atoms with Gasteiger partial charge in [-0.2, -0.15) is 0 Å². The van der Waals surface area contributed by atoms with E-state index in [9.17, 15) is 14.4 Å². The molecule has 1 heterocycles. The molecule has 1 aliphatic rings. The number of aryl methyl sites for hydroxylation is 1. The lowest BCUT2D eigenvalue weighted by atomic mass is 10.1. The molecule has 1 saturated heterocycles. The number of carbonyl (C=O) groups excluding carboxylic acids is 3. The van der Waals surface area contributed by atoms with Crippen LogP contribution in [0.1, 0.15) is 25.3 Å². The van der Waals surface area contributed by atoms with E-state index >= 15 is 0 Å². The fourth-order valence-corrected chi connectivity index (χ4v) is 3.38. The molecule has 28 heavy (non-hydrogen) atoms. The minimum absolute atomic E-state index is 0.0792. The van der Waals surface area contributed by atoms with Crippen LogP contribution in [-0.4, -0.2) is 30.8 Å². The van der Waals surface area contributed by atoms with Crippen molar-refractivity contribution in [1.82, 2.24) is 5.32 Å². The number of anilines is 2. The Hall–Kier alpha value is -3.15. The minimum atomic E-state index is -0.353. The molecule has 0 spiro atoms. The molecule has 2 aromatic carbocycles. The number of nitrogens with one attached hydrogen (secondary N) is 2. The van der Waals surface area contributed by atoms with E-state index in [1.165, 1.54) is 12.5 Å². The molecule has 0 aromatic heterocycles. The van der Waals surface area contributed by atoms with E-state index in [4.69, 9.17) is 0 Å². The highest BCUT2D eigenvalue weighted by Crippen LogP contribution is 2.27. The molecule has 6 heteroatoms. The third kappa shape index (κ3) is 5.19. The van der Waals surface area contributed by atoms with E-state index in [2.05, 4.69) is 22.8 Å². The van der Waals surface area contributed by atoms with Crippen LogP contribution < -0.4 is 15.5 Å². The average molecular weight is 379 g/mol. The van der Waals surface area contributed by atoms with Crippen LogP contribution in [-0.2, 0) is 20.8 Å². The SMILES string of the molecule is CC(=O)Nc1cccc(N2CC(C(=O)NCCCc3ccccc3)CC2=O)c1. The molecule has 2 aromatic rings. The first-order valence-corrected chi connectivity index (χ1v) is 9.52. The lowest BCUT2D eigenvalue weighted by Crippen LogP contribution is -2.33. The van der Waals surface area contributed by atoms with Crippen molar-refractivity contribution in [2.24, 2.45) is 5.92 Å². The molecule has 3 amide bonds. The Morgan fingerprint density at radius 2 is 1.89 bits per heavy atom. The first-order chi connectivity index (χ1) is 13.5. The number of carbonyl (C=O) groups is 3. The average Bonchev–Trinajstić information content (AvgIpc) is 3.07. The van der Waals surface area contributed by atoms with E-state index < -0.39 is 0 Å². The summed E-state index contributed by atoms with van der Waals surface area (Å²) in [5, 5.41) is 5.66. The summed E-state index contributed by atoms with van der Waals surface area (Å²) in [5.74, 6) is -0.683. The molecule has 1 fully saturated rings. The molecule has 1 aliphatic heterocycles. The predicted molar refractivity (Wildman–Crippen MR) is 109 cm³/mol. The Labute approximate surface area is 164 Å². The lowest BCUT2D eigenvalue weighted by molar-refractivity contribution is -0.126. The summed E-state index contributed by atoms with van der Waals surface area (Å²) in [7, 11) is 0. The van der Waals surface area contributed by atoms with Gasteiger partial charge in [-0.15, -0.1) is 0 Å². The maximum Gasteiger partial charge on any atom is 0.227 e. The number of benzene rings is 2. The number of amides is 3. The van der Waals surface area contributed by atoms with Crippen LogP contribution in [0.2, 0.25) is 0 Å². The van der Waals surface area contributed by atoms with E-state index in [-0.39, 0.29) is 30.1 Å². The monoisotopic (exact) mass is 379 g/mol. The van der Waals surface area contributed by atoms with Crippen molar-refractivity contribution in [3.8, 4) is 0 Å². The van der Waals surface area contributed by atoms with Gasteiger partial charge in [-0.05, 0) is 36.6 Å². The van der Waals surface area contributed by atoms with Gasteiger partial charge >= 0.3 is 0 Å². The largest absolute Gasteiger partial charge is 0.356 e. The van der Waals surface area contributed by atoms with Crippen LogP contribution in [0.15, 0.2) is 54.6 Å². The van der Waals surface area contributed by atoms with Crippen LogP contribution in [0.25, 0.3) is 0 Å². The molecule has 0 radical (unpaired) electrons. The molecular weight excluding hydrogens is 354 g/mol. The number of hydrogen-bond acceptors (Lipinski definition) is 3. The van der Waals surface area contributed by atoms with Gasteiger partial charge in [0.15, 0.2) is 0 Å². The van der Waals surface area contributed by atoms with Crippen LogP contribution >= 0.6 is 0 Å². The fourth-order valence-electron chi connectivity index (χ4n) is 3.38. The Kier molecular flexibility index (Phi) is 6.42. The molecule has 146 valence electrons. The Bertz CT molecular complexity index is 851. The topological polar surface area (TPSA) is 78.5 Å². The third-order valence-corrected chi connectivity index (χ3v) is 4.76. The highest BCUT2D eigenvalue weighted by molar-refractivity contribution is 6.01. The van der Waals surface area contributed by atoms with Gasteiger partial charge in [0.05, 0.1) is 5.92 Å². The molecule has 6 nitrogen and oxygen atoms in total. The standard InChI is InChI=1S/C22H25N3O3/c1-16(26)24-19-10-5-11-20(14-19)25-15-18(13-21(25)27)22(28)23-12-6-9-17-7-3-2-4-8-17/h2-5,7-8,10-11,14,18H,6,9,12-13,15H2,1H3,(H,23,28)(H,24,26). The van der Waals surface area contributed by atoms with Crippen molar-refractivity contribution >= 4 is 29.1 Å². The van der Waals surface area contributed by atoms with Gasteiger partial charge in [-0.1, -0.05) is 36.4 Å². The van der Waals surface area contributed by atoms with Crippen LogP contribution in [0.4, 0.5) is 11.4 Å². The van der Waals surface area contributed by atoms with Gasteiger partial charge in [-0.3, -0.25) is 14.4 Å². The third-order valence-electron chi connectivity index (χ3n) is 4.76. The smallest absolute Gasteiger partial charge is 0.227 e. The Morgan fingerprint density at radius 3 is 2.64 bits per heavy atom. The molecule has 0 aliphatic carbocycles. The van der Waals surface area contributed by atoms with Gasteiger partial charge in [0, 0.05) is 37.8 Å². The highest BCUT2D eigenvalue weighted by Gasteiger charge is 2.35. The quantitative estimate of drug-likeness (QED) is 0.726. The summed E-state index contributed by atoms with van der Waals surface area (Å²) in [4.78, 5) is 37.7. The lowest BCUT2D eigenvalue weighted by Gasteiger charge is -2.18. The fraction of sp³-hybridized carbons (Fsp3) is 0.318. The van der Waals surface area contributed by atoms with Gasteiger partial charge in [0.25, 0.3) is 0 Å². The number of hydrogen-bond donors (Lipinski definition) is 2. The summed E-state index contributed by atoms with van der Waals surface area (Å²) in [6.07, 6.45) is 1.97. The van der Waals surface area contributed by atoms with Crippen molar-refractivity contribution in [1.29, 1.82) is 0 Å². The van der Waals surface area contributed by atoms with E-state index in [0.717, 1.165) is 12.8 Å². The van der Waals surface area contributed by atoms with Crippen molar-refractivity contribution in [2.75, 3.05) is 23.3 Å². The van der Waals surface area contributed by atoms with Crippen LogP contribution in [0.5, 0.6) is 0 Å². The minimum Gasteiger partial charge on any atom is -0.356 e. The molecular formula is C22H25N3O3. The number of rotatable bonds is 7. The van der Waals surface area contributed by atoms with Crippen molar-refractivity contribution in [2.45, 2.75) is 26.2 Å². The van der Waals surface area contributed by atoms with E-state index in [1.807, 2.05) is 24.3 Å². The molecule has 1 unspecified atom stereocenters. The van der Waals surface area contributed by atoms with E-state index in [1.54, 1.807) is 23.1 Å². The van der Waals surface area contributed by atoms with Crippen LogP contribution in [0, 0.1) is 5.92 Å². The first-order valence-electron chi connectivity index (χ1n) is 9.52. The van der Waals surface area contributed by atoms with Crippen LogP contribution in [0.3, 0.4) is 0 Å². The summed E-state index contributed by atoms with van der Waals surface area (Å²) in [6, 6.07) is 17.3. The van der Waals surface area contributed by atoms with Crippen molar-refractivity contribution in [3.63, 3.8) is 0 Å². The van der Waals surface area contributed by atoms with Gasteiger partial charge in [0.1, 0.15) is 0 Å². The van der Waals surface area contributed by atoms with Gasteiger partial charge < -0.3 is 15.5 Å². The predicted octanol–water partition coefficient (Wildman–Crippen LogP) is 2.75.